The minimum absolute atomic E-state index is 0.0567. The van der Waals surface area contributed by atoms with Gasteiger partial charge in [-0.2, -0.15) is 0 Å². The molecule has 2 aromatic rings. The molecule has 0 bridgehead atoms. The molecule has 0 aliphatic rings. The highest BCUT2D eigenvalue weighted by Crippen LogP contribution is 2.29. The lowest BCUT2D eigenvalue weighted by molar-refractivity contribution is 0.276. The van der Waals surface area contributed by atoms with Crippen LogP contribution < -0.4 is 5.32 Å². The molecule has 0 amide bonds. The number of hydrogen-bond donors (Lipinski definition) is 2. The zero-order valence-corrected chi connectivity index (χ0v) is 13.0. The Bertz CT molecular complexity index is 560. The molecule has 0 radical (unpaired) electrons. The van der Waals surface area contributed by atoms with Crippen LogP contribution >= 0.6 is 39.1 Å². The maximum atomic E-state index is 9.55. The molecule has 0 spiro atoms. The van der Waals surface area contributed by atoms with Gasteiger partial charge >= 0.3 is 0 Å². The van der Waals surface area contributed by atoms with Crippen LogP contribution in [0.1, 0.15) is 11.6 Å². The Labute approximate surface area is 130 Å². The van der Waals surface area contributed by atoms with Gasteiger partial charge in [0.1, 0.15) is 0 Å². The number of halogens is 3. The molecule has 1 unspecified atom stereocenters. The number of aliphatic hydroxyl groups excluding tert-OH is 1. The molecule has 0 aromatic heterocycles. The van der Waals surface area contributed by atoms with Crippen molar-refractivity contribution in [3.05, 3.63) is 62.5 Å². The van der Waals surface area contributed by atoms with Crippen molar-refractivity contribution in [2.24, 2.45) is 0 Å². The number of benzene rings is 2. The van der Waals surface area contributed by atoms with Crippen molar-refractivity contribution in [1.82, 2.24) is 0 Å². The van der Waals surface area contributed by atoms with E-state index in [-0.39, 0.29) is 12.6 Å². The summed E-state index contributed by atoms with van der Waals surface area (Å²) >= 11 is 15.4. The van der Waals surface area contributed by atoms with Gasteiger partial charge in [0.2, 0.25) is 0 Å². The Balaban J connectivity index is 2.24. The third-order valence-corrected chi connectivity index (χ3v) is 3.79. The van der Waals surface area contributed by atoms with Gasteiger partial charge < -0.3 is 10.4 Å². The lowest BCUT2D eigenvalue weighted by atomic mass is 10.1. The normalized spacial score (nSPS) is 12.2. The second kappa shape index (κ2) is 6.62. The summed E-state index contributed by atoms with van der Waals surface area (Å²) in [7, 11) is 0. The van der Waals surface area contributed by atoms with Crippen LogP contribution in [-0.4, -0.2) is 11.7 Å². The summed E-state index contributed by atoms with van der Waals surface area (Å²) in [6, 6.07) is 12.6. The fraction of sp³-hybridized carbons (Fsp3) is 0.143. The third kappa shape index (κ3) is 3.86. The summed E-state index contributed by atoms with van der Waals surface area (Å²) in [5.74, 6) is 0. The summed E-state index contributed by atoms with van der Waals surface area (Å²) in [6.45, 7) is -0.0567. The predicted octanol–water partition coefficient (Wildman–Crippen LogP) is 4.90. The largest absolute Gasteiger partial charge is 0.394 e. The molecule has 2 aromatic carbocycles. The van der Waals surface area contributed by atoms with Crippen LogP contribution in [0, 0.1) is 0 Å². The molecular weight excluding hydrogens is 349 g/mol. The Morgan fingerprint density at radius 1 is 1.11 bits per heavy atom. The molecule has 1 atom stereocenters. The standard InChI is InChI=1S/C14H12BrCl2NO/c15-9-1-6-13(17)12(7-9)14(8-19)18-11-4-2-10(16)3-5-11/h1-7,14,18-19H,8H2. The molecule has 2 nitrogen and oxygen atoms in total. The lowest BCUT2D eigenvalue weighted by Crippen LogP contribution is -2.15. The molecule has 0 saturated heterocycles. The minimum Gasteiger partial charge on any atom is -0.394 e. The zero-order chi connectivity index (χ0) is 13.8. The van der Waals surface area contributed by atoms with Gasteiger partial charge in [0.15, 0.2) is 0 Å². The molecule has 5 heteroatoms. The molecule has 0 heterocycles. The molecule has 19 heavy (non-hydrogen) atoms. The van der Waals surface area contributed by atoms with Gasteiger partial charge in [0.05, 0.1) is 12.6 Å². The second-order valence-electron chi connectivity index (χ2n) is 4.05. The van der Waals surface area contributed by atoms with E-state index in [0.717, 1.165) is 15.7 Å². The van der Waals surface area contributed by atoms with Crippen LogP contribution in [0.2, 0.25) is 10.0 Å². The SMILES string of the molecule is OCC(Nc1ccc(Cl)cc1)c1cc(Br)ccc1Cl. The van der Waals surface area contributed by atoms with Crippen molar-refractivity contribution >= 4 is 44.8 Å². The van der Waals surface area contributed by atoms with E-state index in [4.69, 9.17) is 23.2 Å². The van der Waals surface area contributed by atoms with Crippen molar-refractivity contribution < 1.29 is 5.11 Å². The van der Waals surface area contributed by atoms with Crippen molar-refractivity contribution in [2.75, 3.05) is 11.9 Å². The molecule has 100 valence electrons. The number of nitrogens with one attached hydrogen (secondary N) is 1. The fourth-order valence-electron chi connectivity index (χ4n) is 1.75. The van der Waals surface area contributed by atoms with Crippen LogP contribution in [0.4, 0.5) is 5.69 Å². The number of rotatable bonds is 4. The summed E-state index contributed by atoms with van der Waals surface area (Å²) in [5, 5.41) is 14.1. The molecule has 2 N–H and O–H groups in total. The van der Waals surface area contributed by atoms with E-state index in [1.54, 1.807) is 18.2 Å². The van der Waals surface area contributed by atoms with E-state index >= 15 is 0 Å². The molecule has 0 aliphatic carbocycles. The maximum absolute atomic E-state index is 9.55. The third-order valence-electron chi connectivity index (χ3n) is 2.70. The average molecular weight is 361 g/mol. The Kier molecular flexibility index (Phi) is 5.11. The van der Waals surface area contributed by atoms with Gasteiger partial charge in [-0.3, -0.25) is 0 Å². The highest BCUT2D eigenvalue weighted by Gasteiger charge is 2.14. The average Bonchev–Trinajstić information content (AvgIpc) is 2.41. The van der Waals surface area contributed by atoms with Crippen LogP contribution in [0.15, 0.2) is 46.9 Å². The number of hydrogen-bond acceptors (Lipinski definition) is 2. The first-order chi connectivity index (χ1) is 9.10. The van der Waals surface area contributed by atoms with E-state index in [0.29, 0.717) is 10.0 Å². The van der Waals surface area contributed by atoms with Crippen LogP contribution in [0.25, 0.3) is 0 Å². The summed E-state index contributed by atoms with van der Waals surface area (Å²) in [5.41, 5.74) is 1.72. The highest BCUT2D eigenvalue weighted by molar-refractivity contribution is 9.10. The predicted molar refractivity (Wildman–Crippen MR) is 84.1 cm³/mol. The topological polar surface area (TPSA) is 32.3 Å². The molecule has 0 saturated carbocycles. The van der Waals surface area contributed by atoms with Crippen LogP contribution in [0.5, 0.6) is 0 Å². The van der Waals surface area contributed by atoms with Gasteiger partial charge in [0, 0.05) is 20.2 Å². The highest BCUT2D eigenvalue weighted by atomic mass is 79.9. The summed E-state index contributed by atoms with van der Waals surface area (Å²) in [6.07, 6.45) is 0. The van der Waals surface area contributed by atoms with E-state index in [1.807, 2.05) is 24.3 Å². The van der Waals surface area contributed by atoms with Crippen molar-refractivity contribution in [3.8, 4) is 0 Å². The van der Waals surface area contributed by atoms with Crippen LogP contribution in [0.3, 0.4) is 0 Å². The van der Waals surface area contributed by atoms with E-state index in [2.05, 4.69) is 21.2 Å². The van der Waals surface area contributed by atoms with Gasteiger partial charge in [0.25, 0.3) is 0 Å². The smallest absolute Gasteiger partial charge is 0.0759 e. The van der Waals surface area contributed by atoms with Crippen molar-refractivity contribution in [3.63, 3.8) is 0 Å². The number of anilines is 1. The van der Waals surface area contributed by atoms with E-state index < -0.39 is 0 Å². The number of aliphatic hydroxyl groups is 1. The van der Waals surface area contributed by atoms with Gasteiger partial charge in [-0.05, 0) is 48.0 Å². The fourth-order valence-corrected chi connectivity index (χ4v) is 2.50. The zero-order valence-electron chi connectivity index (χ0n) is 9.91. The van der Waals surface area contributed by atoms with Gasteiger partial charge in [-0.15, -0.1) is 0 Å². The minimum atomic E-state index is -0.272. The van der Waals surface area contributed by atoms with E-state index in [9.17, 15) is 5.11 Å². The van der Waals surface area contributed by atoms with Gasteiger partial charge in [-0.25, -0.2) is 0 Å². The monoisotopic (exact) mass is 359 g/mol. The van der Waals surface area contributed by atoms with E-state index in [1.165, 1.54) is 0 Å². The maximum Gasteiger partial charge on any atom is 0.0759 e. The lowest BCUT2D eigenvalue weighted by Gasteiger charge is -2.19. The first kappa shape index (κ1) is 14.7. The first-order valence-corrected chi connectivity index (χ1v) is 7.23. The Morgan fingerprint density at radius 3 is 2.42 bits per heavy atom. The van der Waals surface area contributed by atoms with Crippen molar-refractivity contribution in [2.45, 2.75) is 6.04 Å². The summed E-state index contributed by atoms with van der Waals surface area (Å²) < 4.78 is 0.920. The first-order valence-electron chi connectivity index (χ1n) is 5.68. The van der Waals surface area contributed by atoms with Crippen molar-refractivity contribution in [1.29, 1.82) is 0 Å². The Hall–Kier alpha value is -0.740. The molecule has 0 aliphatic heterocycles. The molecule has 2 rings (SSSR count). The van der Waals surface area contributed by atoms with Crippen LogP contribution in [-0.2, 0) is 0 Å². The summed E-state index contributed by atoms with van der Waals surface area (Å²) in [4.78, 5) is 0. The van der Waals surface area contributed by atoms with Gasteiger partial charge in [-0.1, -0.05) is 39.1 Å². The molecular formula is C14H12BrCl2NO. The Morgan fingerprint density at radius 2 is 1.79 bits per heavy atom. The quantitative estimate of drug-likeness (QED) is 0.812. The molecule has 0 fully saturated rings. The second-order valence-corrected chi connectivity index (χ2v) is 5.81.